The number of azo groups is 2. The highest BCUT2D eigenvalue weighted by molar-refractivity contribution is 5.99. The average molecular weight is 568 g/mol. The van der Waals surface area contributed by atoms with Crippen molar-refractivity contribution >= 4 is 46.2 Å². The predicted molar refractivity (Wildman–Crippen MR) is 161 cm³/mol. The van der Waals surface area contributed by atoms with Gasteiger partial charge in [0, 0.05) is 22.4 Å². The van der Waals surface area contributed by atoms with Crippen LogP contribution >= 0.6 is 0 Å². The number of ketones is 1. The van der Waals surface area contributed by atoms with E-state index in [0.717, 1.165) is 5.69 Å². The lowest BCUT2D eigenvalue weighted by atomic mass is 10.1. The maximum Gasteiger partial charge on any atom is 0.333 e. The summed E-state index contributed by atoms with van der Waals surface area (Å²) in [6.07, 6.45) is 0. The Morgan fingerprint density at radius 3 is 1.62 bits per heavy atom. The van der Waals surface area contributed by atoms with Crippen LogP contribution in [0.15, 0.2) is 118 Å². The van der Waals surface area contributed by atoms with Crippen LogP contribution in [0.5, 0.6) is 0 Å². The molecule has 0 aromatic heterocycles. The van der Waals surface area contributed by atoms with E-state index in [9.17, 15) is 14.4 Å². The van der Waals surface area contributed by atoms with E-state index in [-0.39, 0.29) is 43.2 Å². The molecule has 0 spiro atoms. The third-order valence-corrected chi connectivity index (χ3v) is 5.77. The van der Waals surface area contributed by atoms with Crippen LogP contribution in [-0.4, -0.2) is 44.0 Å². The molecule has 0 N–H and O–H groups in total. The lowest BCUT2D eigenvalue weighted by Crippen LogP contribution is -2.32. The quantitative estimate of drug-likeness (QED) is 0.0849. The van der Waals surface area contributed by atoms with Gasteiger partial charge in [-0.2, -0.15) is 15.3 Å². The van der Waals surface area contributed by atoms with Gasteiger partial charge in [0.2, 0.25) is 0 Å². The normalized spacial score (nSPS) is 10.9. The monoisotopic (exact) mass is 567 g/mol. The van der Waals surface area contributed by atoms with E-state index in [4.69, 9.17) is 9.47 Å². The fourth-order valence-corrected chi connectivity index (χ4v) is 3.51. The van der Waals surface area contributed by atoms with E-state index in [1.54, 1.807) is 56.3 Å². The smallest absolute Gasteiger partial charge is 0.333 e. The second-order valence-electron chi connectivity index (χ2n) is 9.33. The largest absolute Gasteiger partial charge is 0.460 e. The Labute approximate surface area is 245 Å². The van der Waals surface area contributed by atoms with Crippen molar-refractivity contribution in [3.05, 3.63) is 103 Å². The maximum atomic E-state index is 12.5. The molecule has 42 heavy (non-hydrogen) atoms. The fourth-order valence-electron chi connectivity index (χ4n) is 3.51. The summed E-state index contributed by atoms with van der Waals surface area (Å²) in [5, 5.41) is 17.0. The molecule has 0 saturated heterocycles. The van der Waals surface area contributed by atoms with Crippen molar-refractivity contribution in [1.29, 1.82) is 0 Å². The van der Waals surface area contributed by atoms with E-state index in [2.05, 4.69) is 33.6 Å². The summed E-state index contributed by atoms with van der Waals surface area (Å²) in [6.45, 7) is 12.4. The number of carbonyl (C=O) groups excluding carboxylic acids is 3. The Morgan fingerprint density at radius 2 is 1.14 bits per heavy atom. The van der Waals surface area contributed by atoms with E-state index in [0.29, 0.717) is 28.3 Å². The highest BCUT2D eigenvalue weighted by Crippen LogP contribution is 2.29. The van der Waals surface area contributed by atoms with Crippen LogP contribution in [-0.2, 0) is 19.1 Å². The van der Waals surface area contributed by atoms with Crippen LogP contribution in [0.25, 0.3) is 0 Å². The summed E-state index contributed by atoms with van der Waals surface area (Å²) in [5.41, 5.74) is 3.97. The molecule has 10 heteroatoms. The first-order valence-electron chi connectivity index (χ1n) is 13.2. The van der Waals surface area contributed by atoms with Gasteiger partial charge in [-0.25, -0.2) is 9.59 Å². The molecule has 0 aliphatic rings. The third-order valence-electron chi connectivity index (χ3n) is 5.77. The predicted octanol–water partition coefficient (Wildman–Crippen LogP) is 7.77. The number of hydrogen-bond acceptors (Lipinski definition) is 10. The SMILES string of the molecule is C=C(C)C(=O)OCCN(CCOC(=O)C(=C)C)c1ccc(N=Nc2ccc(N=Nc3ccccc3)cc2)c(C(C)=O)c1. The molecule has 0 heterocycles. The number of ether oxygens (including phenoxy) is 2. The second kappa shape index (κ2) is 15.5. The fraction of sp³-hybridized carbons (Fsp3) is 0.219. The molecule has 3 aromatic carbocycles. The average Bonchev–Trinajstić information content (AvgIpc) is 2.98. The maximum absolute atomic E-state index is 12.5. The van der Waals surface area contributed by atoms with Gasteiger partial charge in [0.25, 0.3) is 0 Å². The zero-order valence-corrected chi connectivity index (χ0v) is 23.9. The van der Waals surface area contributed by atoms with Gasteiger partial charge in [0.15, 0.2) is 5.78 Å². The first-order chi connectivity index (χ1) is 20.1. The molecule has 0 aliphatic carbocycles. The number of rotatable bonds is 14. The lowest BCUT2D eigenvalue weighted by molar-refractivity contribution is -0.139. The molecule has 0 bridgehead atoms. The van der Waals surface area contributed by atoms with Crippen molar-refractivity contribution in [2.24, 2.45) is 20.5 Å². The van der Waals surface area contributed by atoms with Crippen molar-refractivity contribution in [3.8, 4) is 0 Å². The number of Topliss-reactive ketones (excluding diaryl/α,β-unsaturated/α-hetero) is 1. The minimum Gasteiger partial charge on any atom is -0.460 e. The van der Waals surface area contributed by atoms with Crippen molar-refractivity contribution in [2.45, 2.75) is 20.8 Å². The van der Waals surface area contributed by atoms with E-state index < -0.39 is 11.9 Å². The van der Waals surface area contributed by atoms with Crippen LogP contribution in [0, 0.1) is 0 Å². The molecule has 0 radical (unpaired) electrons. The van der Waals surface area contributed by atoms with Crippen LogP contribution in [0.3, 0.4) is 0 Å². The van der Waals surface area contributed by atoms with Gasteiger partial charge >= 0.3 is 11.9 Å². The molecule has 0 amide bonds. The van der Waals surface area contributed by atoms with Gasteiger partial charge in [-0.3, -0.25) is 4.79 Å². The van der Waals surface area contributed by atoms with Crippen LogP contribution in [0.4, 0.5) is 28.4 Å². The van der Waals surface area contributed by atoms with Gasteiger partial charge in [0.05, 0.1) is 35.8 Å². The summed E-state index contributed by atoms with van der Waals surface area (Å²) < 4.78 is 10.5. The zero-order chi connectivity index (χ0) is 30.5. The van der Waals surface area contributed by atoms with Crippen LogP contribution in [0.2, 0.25) is 0 Å². The number of anilines is 1. The van der Waals surface area contributed by atoms with Gasteiger partial charge in [-0.05, 0) is 75.4 Å². The Morgan fingerprint density at radius 1 is 0.667 bits per heavy atom. The van der Waals surface area contributed by atoms with E-state index in [1.807, 2.05) is 35.2 Å². The Balaban J connectivity index is 1.76. The zero-order valence-electron chi connectivity index (χ0n) is 23.9. The van der Waals surface area contributed by atoms with E-state index >= 15 is 0 Å². The summed E-state index contributed by atoms with van der Waals surface area (Å²) >= 11 is 0. The van der Waals surface area contributed by atoms with Crippen LogP contribution < -0.4 is 4.90 Å². The second-order valence-corrected chi connectivity index (χ2v) is 9.33. The molecular weight excluding hydrogens is 534 g/mol. The summed E-state index contributed by atoms with van der Waals surface area (Å²) in [5.74, 6) is -1.21. The number of nitrogens with zero attached hydrogens (tertiary/aromatic N) is 5. The number of esters is 2. The molecule has 216 valence electrons. The first-order valence-corrected chi connectivity index (χ1v) is 13.2. The molecule has 3 rings (SSSR count). The Kier molecular flexibility index (Phi) is 11.6. The highest BCUT2D eigenvalue weighted by atomic mass is 16.5. The number of hydrogen-bond donors (Lipinski definition) is 0. The summed E-state index contributed by atoms with van der Waals surface area (Å²) in [7, 11) is 0. The van der Waals surface area contributed by atoms with Gasteiger partial charge in [0.1, 0.15) is 13.2 Å². The molecule has 0 atom stereocenters. The van der Waals surface area contributed by atoms with Crippen molar-refractivity contribution in [1.82, 2.24) is 0 Å². The van der Waals surface area contributed by atoms with Crippen molar-refractivity contribution in [3.63, 3.8) is 0 Å². The summed E-state index contributed by atoms with van der Waals surface area (Å²) in [4.78, 5) is 38.0. The number of carbonyl (C=O) groups is 3. The molecule has 0 aliphatic heterocycles. The molecule has 0 fully saturated rings. The highest BCUT2D eigenvalue weighted by Gasteiger charge is 2.15. The lowest BCUT2D eigenvalue weighted by Gasteiger charge is -2.25. The standard InChI is InChI=1S/C32H33N5O5/c1-22(2)31(39)41-19-17-37(18-20-42-32(40)23(3)4)28-15-16-30(29(21-28)24(5)38)36-35-27-13-11-26(12-14-27)34-33-25-9-7-6-8-10-25/h6-16,21H,1,3,17-20H2,2,4-5H3. The van der Waals surface area contributed by atoms with E-state index in [1.165, 1.54) is 6.92 Å². The molecular formula is C32H33N5O5. The Hall–Kier alpha value is -5.25. The molecule has 0 unspecified atom stereocenters. The molecule has 0 saturated carbocycles. The topological polar surface area (TPSA) is 122 Å². The minimum absolute atomic E-state index is 0.0674. The first kappa shape index (κ1) is 31.3. The van der Waals surface area contributed by atoms with Gasteiger partial charge in [-0.15, -0.1) is 5.11 Å². The third kappa shape index (κ3) is 9.74. The van der Waals surface area contributed by atoms with Crippen LogP contribution in [0.1, 0.15) is 31.1 Å². The van der Waals surface area contributed by atoms with Crippen molar-refractivity contribution in [2.75, 3.05) is 31.2 Å². The minimum atomic E-state index is -0.504. The van der Waals surface area contributed by atoms with Crippen molar-refractivity contribution < 1.29 is 23.9 Å². The molecule has 10 nitrogen and oxygen atoms in total. The molecule has 3 aromatic rings. The van der Waals surface area contributed by atoms with Gasteiger partial charge < -0.3 is 14.4 Å². The van der Waals surface area contributed by atoms with Gasteiger partial charge in [-0.1, -0.05) is 31.4 Å². The summed E-state index contributed by atoms with van der Waals surface area (Å²) in [6, 6.07) is 21.6. The number of benzene rings is 3. The Bertz CT molecular complexity index is 1470.